The molecule has 0 saturated carbocycles. The summed E-state index contributed by atoms with van der Waals surface area (Å²) in [5.74, 6) is 0.384. The Bertz CT molecular complexity index is 436. The number of carbonyl (C=O) groups is 1. The van der Waals surface area contributed by atoms with Crippen molar-refractivity contribution in [2.75, 3.05) is 0 Å². The Balaban J connectivity index is -0.000000183. The number of allylic oxidation sites excluding steroid dienone is 5. The van der Waals surface area contributed by atoms with Crippen LogP contribution >= 0.6 is 0 Å². The summed E-state index contributed by atoms with van der Waals surface area (Å²) in [5.41, 5.74) is 0.904. The average Bonchev–Trinajstić information content (AvgIpc) is 2.55. The van der Waals surface area contributed by atoms with Gasteiger partial charge >= 0.3 is 39.9 Å². The van der Waals surface area contributed by atoms with Gasteiger partial charge in [-0.05, 0) is 18.6 Å². The molecule has 5 nitrogen and oxygen atoms in total. The van der Waals surface area contributed by atoms with E-state index < -0.39 is 0 Å². The molecule has 0 aliphatic heterocycles. The van der Waals surface area contributed by atoms with Crippen LogP contribution < -0.4 is 0 Å². The zero-order valence-corrected chi connectivity index (χ0v) is 13.5. The Kier molecular flexibility index (Phi) is 21.8. The maximum atomic E-state index is 10.9. The van der Waals surface area contributed by atoms with E-state index in [1.54, 1.807) is 0 Å². The van der Waals surface area contributed by atoms with Gasteiger partial charge in [0.25, 0.3) is 0 Å². The minimum absolute atomic E-state index is 0. The van der Waals surface area contributed by atoms with E-state index in [1.165, 1.54) is 6.92 Å². The molecule has 6 heteroatoms. The quantitative estimate of drug-likeness (QED) is 0.421. The Morgan fingerprint density at radius 1 is 1.14 bits per heavy atom. The van der Waals surface area contributed by atoms with E-state index in [-0.39, 0.29) is 28.7 Å². The standard InChI is InChI=1S/C12H16O2.3CO.Cr/c1-9-6-5-7-12(3,4)8-11(9)14-10(2)13;3*1-2;/h5-8H,1-4H3;;;;. The maximum absolute atomic E-state index is 10.9. The van der Waals surface area contributed by atoms with E-state index in [1.807, 2.05) is 25.2 Å². The van der Waals surface area contributed by atoms with Gasteiger partial charge in [-0.25, -0.2) is 0 Å². The predicted octanol–water partition coefficient (Wildman–Crippen LogP) is 2.86. The summed E-state index contributed by atoms with van der Waals surface area (Å²) in [6.45, 7) is 21.0. The molecule has 0 N–H and O–H groups in total. The van der Waals surface area contributed by atoms with Gasteiger partial charge in [0, 0.05) is 29.7 Å². The van der Waals surface area contributed by atoms with Crippen molar-refractivity contribution in [3.8, 4) is 0 Å². The number of carbonyl (C=O) groups excluding carboxylic acids is 1. The number of hydrogen-bond donors (Lipinski definition) is 0. The molecule has 0 atom stereocenters. The summed E-state index contributed by atoms with van der Waals surface area (Å²) in [6, 6.07) is 0. The third-order valence-electron chi connectivity index (χ3n) is 2.02. The molecule has 1 rings (SSSR count). The first-order valence-corrected chi connectivity index (χ1v) is 5.30. The average molecular weight is 328 g/mol. The van der Waals surface area contributed by atoms with Crippen LogP contribution in [0.25, 0.3) is 0 Å². The van der Waals surface area contributed by atoms with Crippen molar-refractivity contribution in [3.05, 3.63) is 55.6 Å². The van der Waals surface area contributed by atoms with Crippen LogP contribution in [0.4, 0.5) is 0 Å². The Labute approximate surface area is 136 Å². The molecule has 0 unspecified atom stereocenters. The number of ether oxygens (including phenoxy) is 1. The second-order valence-corrected chi connectivity index (χ2v) is 4.13. The van der Waals surface area contributed by atoms with E-state index in [4.69, 9.17) is 18.7 Å². The third kappa shape index (κ3) is 14.7. The van der Waals surface area contributed by atoms with E-state index in [0.29, 0.717) is 5.76 Å². The minimum Gasteiger partial charge on any atom is 0 e. The van der Waals surface area contributed by atoms with E-state index in [0.717, 1.165) is 5.57 Å². The summed E-state index contributed by atoms with van der Waals surface area (Å²) in [7, 11) is 0. The number of esters is 1. The fourth-order valence-corrected chi connectivity index (χ4v) is 1.29. The number of hydrogen-bond acceptors (Lipinski definition) is 2. The first kappa shape index (κ1) is 27.7. The molecule has 0 fully saturated rings. The topological polar surface area (TPSA) is 86.0 Å². The van der Waals surface area contributed by atoms with Gasteiger partial charge in [-0.2, -0.15) is 0 Å². The smallest absolute Gasteiger partial charge is 0 e. The van der Waals surface area contributed by atoms with Gasteiger partial charge in [-0.1, -0.05) is 32.1 Å². The van der Waals surface area contributed by atoms with E-state index in [9.17, 15) is 4.79 Å². The maximum Gasteiger partial charge on any atom is 0 e. The van der Waals surface area contributed by atoms with Crippen LogP contribution in [-0.2, 0) is 40.8 Å². The first-order chi connectivity index (χ1) is 9.41. The third-order valence-corrected chi connectivity index (χ3v) is 2.02. The predicted molar refractivity (Wildman–Crippen MR) is 68.3 cm³/mol. The van der Waals surface area contributed by atoms with Gasteiger partial charge in [0.1, 0.15) is 5.76 Å². The van der Waals surface area contributed by atoms with Crippen LogP contribution in [0.2, 0.25) is 0 Å². The SMILES string of the molecule is CC(=O)OC1=CC(C)(C)C=CC=C1C.[C-]#[O+].[C-]#[O+].[C-]#[O+].[Cr]. The first-order valence-electron chi connectivity index (χ1n) is 5.30. The van der Waals surface area contributed by atoms with Crippen LogP contribution in [0.3, 0.4) is 0 Å². The second-order valence-electron chi connectivity index (χ2n) is 4.13. The van der Waals surface area contributed by atoms with Gasteiger partial charge in [0.05, 0.1) is 0 Å². The summed E-state index contributed by atoms with van der Waals surface area (Å²) < 4.78 is 27.6. The molecule has 0 aromatic carbocycles. The molecule has 0 amide bonds. The number of rotatable bonds is 1. The Morgan fingerprint density at radius 3 is 1.95 bits per heavy atom. The summed E-state index contributed by atoms with van der Waals surface area (Å²) in [6.07, 6.45) is 7.97. The van der Waals surface area contributed by atoms with Crippen molar-refractivity contribution in [1.82, 2.24) is 0 Å². The van der Waals surface area contributed by atoms with Gasteiger partial charge in [-0.3, -0.25) is 4.79 Å². The molecule has 1 aliphatic rings. The van der Waals surface area contributed by atoms with Crippen molar-refractivity contribution in [3.63, 3.8) is 0 Å². The summed E-state index contributed by atoms with van der Waals surface area (Å²) in [5, 5.41) is 0. The molecule has 21 heavy (non-hydrogen) atoms. The molecular formula is C15H16CrO5. The van der Waals surface area contributed by atoms with E-state index >= 15 is 0 Å². The van der Waals surface area contributed by atoms with Crippen molar-refractivity contribution in [2.45, 2.75) is 27.7 Å². The zero-order valence-electron chi connectivity index (χ0n) is 12.3. The van der Waals surface area contributed by atoms with Crippen molar-refractivity contribution < 1.29 is 40.8 Å². The molecular weight excluding hydrogens is 312 g/mol. The van der Waals surface area contributed by atoms with Gasteiger partial charge in [-0.15, -0.1) is 0 Å². The molecule has 0 heterocycles. The van der Waals surface area contributed by atoms with Crippen LogP contribution in [0, 0.1) is 25.4 Å². The van der Waals surface area contributed by atoms with Gasteiger partial charge in [0.2, 0.25) is 0 Å². The Morgan fingerprint density at radius 2 is 1.57 bits per heavy atom. The normalized spacial score (nSPS) is 13.2. The molecule has 0 aromatic rings. The second kappa shape index (κ2) is 16.5. The van der Waals surface area contributed by atoms with Gasteiger partial charge < -0.3 is 4.74 Å². The monoisotopic (exact) mass is 328 g/mol. The summed E-state index contributed by atoms with van der Waals surface area (Å²) >= 11 is 0. The molecule has 0 spiro atoms. The van der Waals surface area contributed by atoms with Crippen LogP contribution in [-0.4, -0.2) is 5.97 Å². The fraction of sp³-hybridized carbons (Fsp3) is 0.333. The van der Waals surface area contributed by atoms with Crippen LogP contribution in [0.5, 0.6) is 0 Å². The van der Waals surface area contributed by atoms with E-state index in [2.05, 4.69) is 39.9 Å². The van der Waals surface area contributed by atoms with Gasteiger partial charge in [0.15, 0.2) is 0 Å². The van der Waals surface area contributed by atoms with Crippen molar-refractivity contribution in [2.24, 2.45) is 5.41 Å². The zero-order chi connectivity index (χ0) is 16.8. The molecule has 0 bridgehead atoms. The molecule has 0 saturated heterocycles. The Hall–Kier alpha value is -1.56. The van der Waals surface area contributed by atoms with Crippen LogP contribution in [0.1, 0.15) is 27.7 Å². The molecule has 112 valence electrons. The molecule has 0 radical (unpaired) electrons. The molecule has 0 aromatic heterocycles. The molecule has 1 aliphatic carbocycles. The van der Waals surface area contributed by atoms with Crippen LogP contribution in [0.15, 0.2) is 35.6 Å². The largest absolute Gasteiger partial charge is 0 e. The van der Waals surface area contributed by atoms with Crippen molar-refractivity contribution in [1.29, 1.82) is 0 Å². The summed E-state index contributed by atoms with van der Waals surface area (Å²) in [4.78, 5) is 10.9. The van der Waals surface area contributed by atoms with Crippen molar-refractivity contribution >= 4 is 5.97 Å². The minimum atomic E-state index is -0.276. The fourth-order valence-electron chi connectivity index (χ4n) is 1.29.